The van der Waals surface area contributed by atoms with Crippen LogP contribution in [0.15, 0.2) is 6.07 Å². The van der Waals surface area contributed by atoms with Gasteiger partial charge in [0.15, 0.2) is 0 Å². The van der Waals surface area contributed by atoms with E-state index in [1.165, 1.54) is 11.3 Å². The number of hydrogen-bond donors (Lipinski definition) is 2. The van der Waals surface area contributed by atoms with Gasteiger partial charge in [0.05, 0.1) is 23.0 Å². The lowest BCUT2D eigenvalue weighted by Crippen LogP contribution is -2.11. The number of nitrogen functional groups attached to an aromatic ring is 1. The van der Waals surface area contributed by atoms with E-state index in [0.717, 1.165) is 52.5 Å². The molecule has 8 heteroatoms. The van der Waals surface area contributed by atoms with Crippen molar-refractivity contribution in [2.75, 3.05) is 30.8 Å². The summed E-state index contributed by atoms with van der Waals surface area (Å²) >= 11 is 7.54. The Balaban J connectivity index is 1.62. The number of halogens is 1. The zero-order chi connectivity index (χ0) is 15.5. The van der Waals surface area contributed by atoms with E-state index < -0.39 is 0 Å². The first-order valence-corrected chi connectivity index (χ1v) is 8.39. The van der Waals surface area contributed by atoms with Gasteiger partial charge < -0.3 is 15.8 Å². The molecule has 3 heterocycles. The van der Waals surface area contributed by atoms with E-state index in [-0.39, 0.29) is 0 Å². The fourth-order valence-corrected chi connectivity index (χ4v) is 3.48. The molecule has 1 unspecified atom stereocenters. The third-order valence-electron chi connectivity index (χ3n) is 3.54. The molecule has 1 atom stereocenters. The summed E-state index contributed by atoms with van der Waals surface area (Å²) in [4.78, 5) is 13.0. The molecule has 0 saturated carbocycles. The van der Waals surface area contributed by atoms with Gasteiger partial charge in [-0.25, -0.2) is 9.97 Å². The highest BCUT2D eigenvalue weighted by Crippen LogP contribution is 2.26. The maximum Gasteiger partial charge on any atom is 0.222 e. The van der Waals surface area contributed by atoms with Gasteiger partial charge in [0.1, 0.15) is 10.2 Å². The van der Waals surface area contributed by atoms with E-state index in [4.69, 9.17) is 22.1 Å². The highest BCUT2D eigenvalue weighted by atomic mass is 35.5. The number of nitrogens with two attached hydrogens (primary N) is 1. The van der Waals surface area contributed by atoms with Gasteiger partial charge in [-0.15, -0.1) is 11.3 Å². The maximum absolute atomic E-state index is 6.03. The first-order chi connectivity index (χ1) is 10.6. The summed E-state index contributed by atoms with van der Waals surface area (Å²) in [6.07, 6.45) is 1.77. The molecule has 0 aliphatic carbocycles. The zero-order valence-electron chi connectivity index (χ0n) is 12.3. The molecule has 118 valence electrons. The Hall–Kier alpha value is -1.44. The molecular weight excluding hydrogens is 322 g/mol. The molecule has 22 heavy (non-hydrogen) atoms. The highest BCUT2D eigenvalue weighted by molar-refractivity contribution is 7.16. The van der Waals surface area contributed by atoms with Crippen molar-refractivity contribution in [1.82, 2.24) is 15.0 Å². The Kier molecular flexibility index (Phi) is 4.75. The minimum Gasteiger partial charge on any atom is -0.381 e. The van der Waals surface area contributed by atoms with Gasteiger partial charge in [-0.3, -0.25) is 0 Å². The van der Waals surface area contributed by atoms with Crippen LogP contribution >= 0.6 is 22.9 Å². The molecular formula is C14H18ClN5OS. The quantitative estimate of drug-likeness (QED) is 0.871. The number of nitrogens with zero attached hydrogens (tertiary/aromatic N) is 3. The number of anilines is 2. The van der Waals surface area contributed by atoms with E-state index >= 15 is 0 Å². The van der Waals surface area contributed by atoms with Gasteiger partial charge in [0.2, 0.25) is 5.95 Å². The van der Waals surface area contributed by atoms with Crippen molar-refractivity contribution >= 4 is 34.7 Å². The number of nitrogens with one attached hydrogen (secondary N) is 1. The second kappa shape index (κ2) is 6.76. The predicted octanol–water partition coefficient (Wildman–Crippen LogP) is 2.64. The molecule has 0 amide bonds. The molecule has 0 aromatic carbocycles. The number of ether oxygens (including phenoxy) is 1. The minimum atomic E-state index is 0.292. The Bertz CT molecular complexity index is 637. The van der Waals surface area contributed by atoms with Crippen LogP contribution in [0.5, 0.6) is 0 Å². The molecule has 3 N–H and O–H groups in total. The number of hydrogen-bond acceptors (Lipinski definition) is 7. The summed E-state index contributed by atoms with van der Waals surface area (Å²) in [5.41, 5.74) is 7.63. The Morgan fingerprint density at radius 2 is 2.32 bits per heavy atom. The van der Waals surface area contributed by atoms with Crippen molar-refractivity contribution in [2.45, 2.75) is 25.7 Å². The van der Waals surface area contributed by atoms with E-state index in [1.54, 1.807) is 0 Å². The van der Waals surface area contributed by atoms with Crippen LogP contribution in [0.2, 0.25) is 4.34 Å². The second-order valence-electron chi connectivity index (χ2n) is 5.24. The molecule has 0 radical (unpaired) electrons. The monoisotopic (exact) mass is 339 g/mol. The molecule has 1 fully saturated rings. The van der Waals surface area contributed by atoms with Crippen LogP contribution in [0.25, 0.3) is 0 Å². The van der Waals surface area contributed by atoms with E-state index in [1.807, 2.05) is 13.0 Å². The van der Waals surface area contributed by atoms with Crippen LogP contribution in [0.3, 0.4) is 0 Å². The first kappa shape index (κ1) is 15.5. The maximum atomic E-state index is 6.03. The summed E-state index contributed by atoms with van der Waals surface area (Å²) in [5, 5.41) is 4.29. The predicted molar refractivity (Wildman–Crippen MR) is 88.7 cm³/mol. The zero-order valence-corrected chi connectivity index (χ0v) is 13.9. The van der Waals surface area contributed by atoms with Crippen LogP contribution in [0, 0.1) is 6.92 Å². The van der Waals surface area contributed by atoms with Crippen LogP contribution in [-0.4, -0.2) is 34.7 Å². The molecule has 3 rings (SSSR count). The van der Waals surface area contributed by atoms with E-state index in [0.29, 0.717) is 18.5 Å². The summed E-state index contributed by atoms with van der Waals surface area (Å²) < 4.78 is 6.16. The third-order valence-corrected chi connectivity index (χ3v) is 5.05. The van der Waals surface area contributed by atoms with Crippen molar-refractivity contribution in [3.63, 3.8) is 0 Å². The van der Waals surface area contributed by atoms with Crippen molar-refractivity contribution in [1.29, 1.82) is 0 Å². The number of aryl methyl sites for hydroxylation is 1. The molecule has 0 spiro atoms. The summed E-state index contributed by atoms with van der Waals surface area (Å²) in [7, 11) is 0. The molecule has 6 nitrogen and oxygen atoms in total. The summed E-state index contributed by atoms with van der Waals surface area (Å²) in [6.45, 7) is 4.12. The fourth-order valence-electron chi connectivity index (χ4n) is 2.39. The largest absolute Gasteiger partial charge is 0.381 e. The molecule has 1 saturated heterocycles. The standard InChI is InChI=1S/C14H18ClN5OS/c1-8-13(15)22-12(18-8)2-4-17-11-6-10(19-14(16)20-11)9-3-5-21-7-9/h6,9H,2-5,7H2,1H3,(H3,16,17,19,20). The molecule has 2 aromatic rings. The van der Waals surface area contributed by atoms with Gasteiger partial charge in [-0.05, 0) is 13.3 Å². The Morgan fingerprint density at radius 1 is 1.45 bits per heavy atom. The molecule has 2 aromatic heterocycles. The van der Waals surface area contributed by atoms with Gasteiger partial charge in [0.25, 0.3) is 0 Å². The van der Waals surface area contributed by atoms with E-state index in [9.17, 15) is 0 Å². The number of thiazole rings is 1. The summed E-state index contributed by atoms with van der Waals surface area (Å²) in [5.74, 6) is 1.35. The van der Waals surface area contributed by atoms with Gasteiger partial charge in [-0.2, -0.15) is 4.98 Å². The van der Waals surface area contributed by atoms with E-state index in [2.05, 4.69) is 20.3 Å². The fraction of sp³-hybridized carbons (Fsp3) is 0.500. The first-order valence-electron chi connectivity index (χ1n) is 7.19. The molecule has 1 aliphatic heterocycles. The average Bonchev–Trinajstić information content (AvgIpc) is 3.09. The normalized spacial score (nSPS) is 17.8. The second-order valence-corrected chi connectivity index (χ2v) is 6.93. The topological polar surface area (TPSA) is 86.0 Å². The smallest absolute Gasteiger partial charge is 0.222 e. The summed E-state index contributed by atoms with van der Waals surface area (Å²) in [6, 6.07) is 1.95. The molecule has 1 aliphatic rings. The average molecular weight is 340 g/mol. The van der Waals surface area contributed by atoms with Crippen LogP contribution in [0.1, 0.15) is 28.7 Å². The van der Waals surface area contributed by atoms with Crippen LogP contribution in [-0.2, 0) is 11.2 Å². The van der Waals surface area contributed by atoms with Crippen LogP contribution in [0.4, 0.5) is 11.8 Å². The van der Waals surface area contributed by atoms with Gasteiger partial charge in [0, 0.05) is 31.6 Å². The van der Waals surface area contributed by atoms with Crippen molar-refractivity contribution < 1.29 is 4.74 Å². The number of aromatic nitrogens is 3. The highest BCUT2D eigenvalue weighted by Gasteiger charge is 2.20. The number of rotatable bonds is 5. The third kappa shape index (κ3) is 3.66. The van der Waals surface area contributed by atoms with Gasteiger partial charge >= 0.3 is 0 Å². The minimum absolute atomic E-state index is 0.292. The Morgan fingerprint density at radius 3 is 3.00 bits per heavy atom. The lowest BCUT2D eigenvalue weighted by molar-refractivity contribution is 0.193. The van der Waals surface area contributed by atoms with Crippen LogP contribution < -0.4 is 11.1 Å². The SMILES string of the molecule is Cc1nc(CCNc2cc(C3CCOC3)nc(N)n2)sc1Cl. The Labute approximate surface area is 138 Å². The lowest BCUT2D eigenvalue weighted by Gasteiger charge is -2.11. The molecule has 0 bridgehead atoms. The van der Waals surface area contributed by atoms with Crippen molar-refractivity contribution in [3.05, 3.63) is 26.8 Å². The van der Waals surface area contributed by atoms with Gasteiger partial charge in [-0.1, -0.05) is 11.6 Å². The van der Waals surface area contributed by atoms with Crippen molar-refractivity contribution in [2.24, 2.45) is 0 Å². The van der Waals surface area contributed by atoms with Crippen molar-refractivity contribution in [3.8, 4) is 0 Å². The lowest BCUT2D eigenvalue weighted by atomic mass is 10.0.